The van der Waals surface area contributed by atoms with Crippen LogP contribution in [0.1, 0.15) is 6.42 Å². The number of nitrogens with two attached hydrogens (primary N) is 1. The van der Waals surface area contributed by atoms with Crippen molar-refractivity contribution < 1.29 is 9.59 Å². The fourth-order valence-corrected chi connectivity index (χ4v) is 2.95. The highest BCUT2D eigenvalue weighted by molar-refractivity contribution is 7.14. The zero-order valence-electron chi connectivity index (χ0n) is 10.5. The van der Waals surface area contributed by atoms with Gasteiger partial charge in [-0.3, -0.25) is 19.5 Å². The van der Waals surface area contributed by atoms with Crippen LogP contribution in [0.5, 0.6) is 0 Å². The van der Waals surface area contributed by atoms with Crippen LogP contribution in [-0.2, 0) is 9.59 Å². The molecular formula is C13H12N4O2S. The van der Waals surface area contributed by atoms with Gasteiger partial charge in [0, 0.05) is 24.5 Å². The molecule has 0 spiro atoms. The third-order valence-electron chi connectivity index (χ3n) is 3.18. The lowest BCUT2D eigenvalue weighted by Crippen LogP contribution is -2.28. The summed E-state index contributed by atoms with van der Waals surface area (Å²) in [7, 11) is 0. The Bertz CT molecular complexity index is 655. The van der Waals surface area contributed by atoms with E-state index < -0.39 is 11.8 Å². The van der Waals surface area contributed by atoms with Gasteiger partial charge in [0.25, 0.3) is 0 Å². The maximum Gasteiger partial charge on any atom is 0.229 e. The van der Waals surface area contributed by atoms with E-state index in [2.05, 4.69) is 9.97 Å². The number of hydrogen-bond acceptors (Lipinski definition) is 5. The summed E-state index contributed by atoms with van der Waals surface area (Å²) >= 11 is 1.36. The predicted molar refractivity (Wildman–Crippen MR) is 75.0 cm³/mol. The molecule has 0 radical (unpaired) electrons. The number of rotatable bonds is 3. The summed E-state index contributed by atoms with van der Waals surface area (Å²) in [5.74, 6) is -0.984. The van der Waals surface area contributed by atoms with Crippen molar-refractivity contribution in [3.8, 4) is 11.4 Å². The molecule has 1 aliphatic rings. The Balaban J connectivity index is 1.84. The second-order valence-electron chi connectivity index (χ2n) is 4.54. The molecule has 3 rings (SSSR count). The first-order valence-electron chi connectivity index (χ1n) is 6.12. The highest BCUT2D eigenvalue weighted by atomic mass is 32.1. The number of aromatic nitrogens is 2. The van der Waals surface area contributed by atoms with E-state index in [0.717, 1.165) is 11.4 Å². The van der Waals surface area contributed by atoms with Crippen LogP contribution >= 0.6 is 11.3 Å². The predicted octanol–water partition coefficient (Wildman–Crippen LogP) is 1.04. The third-order valence-corrected chi connectivity index (χ3v) is 4.04. The van der Waals surface area contributed by atoms with Crippen LogP contribution in [0.3, 0.4) is 0 Å². The molecule has 102 valence electrons. The molecule has 1 atom stereocenters. The maximum atomic E-state index is 11.9. The van der Waals surface area contributed by atoms with E-state index >= 15 is 0 Å². The Morgan fingerprint density at radius 1 is 1.40 bits per heavy atom. The first-order valence-corrected chi connectivity index (χ1v) is 6.99. The molecule has 1 aliphatic heterocycles. The normalized spacial score (nSPS) is 18.5. The van der Waals surface area contributed by atoms with Crippen LogP contribution in [0.2, 0.25) is 0 Å². The van der Waals surface area contributed by atoms with Gasteiger partial charge in [0.15, 0.2) is 5.13 Å². The van der Waals surface area contributed by atoms with Crippen LogP contribution < -0.4 is 10.6 Å². The van der Waals surface area contributed by atoms with Crippen molar-refractivity contribution in [1.82, 2.24) is 9.97 Å². The lowest BCUT2D eigenvalue weighted by Gasteiger charge is -2.11. The highest BCUT2D eigenvalue weighted by Gasteiger charge is 2.35. The minimum Gasteiger partial charge on any atom is -0.369 e. The van der Waals surface area contributed by atoms with E-state index in [-0.39, 0.29) is 12.3 Å². The van der Waals surface area contributed by atoms with Gasteiger partial charge in [-0.1, -0.05) is 6.07 Å². The molecule has 0 saturated carbocycles. The molecule has 1 fully saturated rings. The highest BCUT2D eigenvalue weighted by Crippen LogP contribution is 2.30. The largest absolute Gasteiger partial charge is 0.369 e. The minimum absolute atomic E-state index is 0.115. The minimum atomic E-state index is -0.442. The van der Waals surface area contributed by atoms with Crippen LogP contribution in [0.15, 0.2) is 29.8 Å². The number of thiazole rings is 1. The van der Waals surface area contributed by atoms with Gasteiger partial charge in [-0.2, -0.15) is 0 Å². The van der Waals surface area contributed by atoms with Gasteiger partial charge in [0.2, 0.25) is 11.8 Å². The zero-order chi connectivity index (χ0) is 14.1. The molecule has 6 nitrogen and oxygen atoms in total. The van der Waals surface area contributed by atoms with Gasteiger partial charge in [-0.05, 0) is 12.1 Å². The summed E-state index contributed by atoms with van der Waals surface area (Å²) in [6.45, 7) is 0.309. The summed E-state index contributed by atoms with van der Waals surface area (Å²) in [6, 6.07) is 5.57. The Morgan fingerprint density at radius 2 is 2.25 bits per heavy atom. The average Bonchev–Trinajstić information content (AvgIpc) is 3.06. The van der Waals surface area contributed by atoms with Crippen LogP contribution in [-0.4, -0.2) is 28.3 Å². The molecule has 0 aromatic carbocycles. The fraction of sp³-hybridized carbons (Fsp3) is 0.231. The summed E-state index contributed by atoms with van der Waals surface area (Å²) in [4.78, 5) is 33.2. The van der Waals surface area contributed by atoms with E-state index in [1.807, 2.05) is 23.6 Å². The topological polar surface area (TPSA) is 89.2 Å². The number of hydrogen-bond donors (Lipinski definition) is 1. The molecule has 2 aromatic heterocycles. The molecule has 2 amide bonds. The lowest BCUT2D eigenvalue weighted by atomic mass is 10.1. The lowest BCUT2D eigenvalue weighted by molar-refractivity contribution is -0.123. The molecule has 0 aliphatic carbocycles. The Labute approximate surface area is 119 Å². The monoisotopic (exact) mass is 288 g/mol. The maximum absolute atomic E-state index is 11.9. The van der Waals surface area contributed by atoms with Crippen molar-refractivity contribution in [3.63, 3.8) is 0 Å². The van der Waals surface area contributed by atoms with Gasteiger partial charge in [0.05, 0.1) is 11.6 Å². The molecule has 3 heterocycles. The molecular weight excluding hydrogens is 276 g/mol. The molecule has 2 aromatic rings. The average molecular weight is 288 g/mol. The SMILES string of the molecule is NC(=O)C1CC(=O)N(c2nc(-c3ccccn3)cs2)C1. The van der Waals surface area contributed by atoms with Crippen molar-refractivity contribution >= 4 is 28.3 Å². The number of pyridine rings is 1. The number of primary amides is 1. The summed E-state index contributed by atoms with van der Waals surface area (Å²) < 4.78 is 0. The number of carbonyl (C=O) groups is 2. The van der Waals surface area contributed by atoms with Crippen molar-refractivity contribution in [3.05, 3.63) is 29.8 Å². The molecule has 1 saturated heterocycles. The van der Waals surface area contributed by atoms with E-state index in [0.29, 0.717) is 11.7 Å². The number of amides is 2. The first kappa shape index (κ1) is 12.7. The molecule has 7 heteroatoms. The molecule has 0 bridgehead atoms. The van der Waals surface area contributed by atoms with Crippen molar-refractivity contribution in [2.75, 3.05) is 11.4 Å². The van der Waals surface area contributed by atoms with Gasteiger partial charge in [0.1, 0.15) is 5.69 Å². The van der Waals surface area contributed by atoms with Crippen LogP contribution in [0.25, 0.3) is 11.4 Å². The van der Waals surface area contributed by atoms with Gasteiger partial charge >= 0.3 is 0 Å². The van der Waals surface area contributed by atoms with E-state index in [9.17, 15) is 9.59 Å². The van der Waals surface area contributed by atoms with Crippen LogP contribution in [0, 0.1) is 5.92 Å². The van der Waals surface area contributed by atoms with Crippen molar-refractivity contribution in [2.45, 2.75) is 6.42 Å². The van der Waals surface area contributed by atoms with Gasteiger partial charge < -0.3 is 5.73 Å². The fourth-order valence-electron chi connectivity index (χ4n) is 2.10. The summed E-state index contributed by atoms with van der Waals surface area (Å²) in [5.41, 5.74) is 6.73. The molecule has 1 unspecified atom stereocenters. The van der Waals surface area contributed by atoms with Gasteiger partial charge in [-0.15, -0.1) is 11.3 Å². The first-order chi connectivity index (χ1) is 9.65. The molecule has 20 heavy (non-hydrogen) atoms. The Hall–Kier alpha value is -2.28. The summed E-state index contributed by atoms with van der Waals surface area (Å²) in [5, 5.41) is 2.43. The van der Waals surface area contributed by atoms with Crippen molar-refractivity contribution in [2.24, 2.45) is 11.7 Å². The number of carbonyl (C=O) groups excluding carboxylic acids is 2. The molecule has 2 N–H and O–H groups in total. The van der Waals surface area contributed by atoms with Crippen LogP contribution in [0.4, 0.5) is 5.13 Å². The quantitative estimate of drug-likeness (QED) is 0.914. The second kappa shape index (κ2) is 5.01. The second-order valence-corrected chi connectivity index (χ2v) is 5.37. The van der Waals surface area contributed by atoms with E-state index in [1.54, 1.807) is 6.20 Å². The summed E-state index contributed by atoms with van der Waals surface area (Å²) in [6.07, 6.45) is 1.85. The Kier molecular flexibility index (Phi) is 3.19. The van der Waals surface area contributed by atoms with Crippen molar-refractivity contribution in [1.29, 1.82) is 0 Å². The Morgan fingerprint density at radius 3 is 2.90 bits per heavy atom. The van der Waals surface area contributed by atoms with Gasteiger partial charge in [-0.25, -0.2) is 4.98 Å². The van der Waals surface area contributed by atoms with E-state index in [4.69, 9.17) is 5.73 Å². The zero-order valence-corrected chi connectivity index (χ0v) is 11.3. The number of anilines is 1. The third kappa shape index (κ3) is 2.27. The number of nitrogens with zero attached hydrogens (tertiary/aromatic N) is 3. The van der Waals surface area contributed by atoms with E-state index in [1.165, 1.54) is 16.2 Å². The standard InChI is InChI=1S/C13H12N4O2S/c14-12(19)8-5-11(18)17(6-8)13-16-10(7-20-13)9-3-1-2-4-15-9/h1-4,7-8H,5-6H2,(H2,14,19). The smallest absolute Gasteiger partial charge is 0.229 e.